The van der Waals surface area contributed by atoms with Crippen LogP contribution in [0.25, 0.3) is 0 Å². The van der Waals surface area contributed by atoms with Crippen LogP contribution in [0.5, 0.6) is 0 Å². The molecule has 1 aromatic heterocycles. The van der Waals surface area contributed by atoms with Crippen LogP contribution in [-0.4, -0.2) is 11.6 Å². The molecule has 0 bridgehead atoms. The van der Waals surface area contributed by atoms with E-state index in [-0.39, 0.29) is 0 Å². The maximum atomic E-state index is 4.26. The lowest BCUT2D eigenvalue weighted by Crippen LogP contribution is -2.14. The van der Waals surface area contributed by atoms with Crippen LogP contribution in [0.4, 0.5) is 0 Å². The van der Waals surface area contributed by atoms with Gasteiger partial charge in [-0.05, 0) is 25.7 Å². The van der Waals surface area contributed by atoms with E-state index in [0.717, 1.165) is 0 Å². The molecule has 0 saturated heterocycles. The van der Waals surface area contributed by atoms with Crippen molar-refractivity contribution in [2.45, 2.75) is 25.7 Å². The Morgan fingerprint density at radius 2 is 2.08 bits per heavy atom. The lowest BCUT2D eigenvalue weighted by Gasteiger charge is -2.11. The SMILES string of the molecule is C/N=c1\sc2c(n1C)CCCC2. The topological polar surface area (TPSA) is 17.3 Å². The summed E-state index contributed by atoms with van der Waals surface area (Å²) in [5.41, 5.74) is 1.52. The first-order valence-electron chi connectivity index (χ1n) is 4.43. The zero-order valence-electron chi connectivity index (χ0n) is 7.63. The highest BCUT2D eigenvalue weighted by Gasteiger charge is 2.14. The Kier molecular flexibility index (Phi) is 2.05. The minimum Gasteiger partial charge on any atom is -0.324 e. The van der Waals surface area contributed by atoms with Crippen LogP contribution in [0.15, 0.2) is 4.99 Å². The van der Waals surface area contributed by atoms with Crippen molar-refractivity contribution in [3.05, 3.63) is 15.4 Å². The van der Waals surface area contributed by atoms with E-state index in [1.54, 1.807) is 4.88 Å². The second-order valence-corrected chi connectivity index (χ2v) is 4.31. The Bertz CT molecular complexity index is 346. The Morgan fingerprint density at radius 3 is 2.75 bits per heavy atom. The van der Waals surface area contributed by atoms with Gasteiger partial charge in [0.2, 0.25) is 0 Å². The summed E-state index contributed by atoms with van der Waals surface area (Å²) in [5.74, 6) is 0. The molecule has 1 heterocycles. The molecule has 0 unspecified atom stereocenters. The number of hydrogen-bond acceptors (Lipinski definition) is 2. The highest BCUT2D eigenvalue weighted by atomic mass is 32.1. The van der Waals surface area contributed by atoms with Crippen molar-refractivity contribution in [1.82, 2.24) is 4.57 Å². The summed E-state index contributed by atoms with van der Waals surface area (Å²) in [5, 5.41) is 0. The molecule has 1 aliphatic carbocycles. The van der Waals surface area contributed by atoms with Gasteiger partial charge in [-0.15, -0.1) is 11.3 Å². The Labute approximate surface area is 76.6 Å². The summed E-state index contributed by atoms with van der Waals surface area (Å²) in [7, 11) is 4.00. The van der Waals surface area contributed by atoms with Crippen molar-refractivity contribution in [3.63, 3.8) is 0 Å². The number of hydrogen-bond donors (Lipinski definition) is 0. The first-order chi connectivity index (χ1) is 5.83. The van der Waals surface area contributed by atoms with Gasteiger partial charge in [0.05, 0.1) is 0 Å². The van der Waals surface area contributed by atoms with Gasteiger partial charge in [0.15, 0.2) is 4.80 Å². The molecule has 0 atom stereocenters. The molecule has 2 nitrogen and oxygen atoms in total. The molecule has 1 aliphatic rings. The molecule has 12 heavy (non-hydrogen) atoms. The van der Waals surface area contributed by atoms with Crippen LogP contribution >= 0.6 is 11.3 Å². The van der Waals surface area contributed by atoms with Gasteiger partial charge in [0, 0.05) is 24.7 Å². The summed E-state index contributed by atoms with van der Waals surface area (Å²) < 4.78 is 2.25. The van der Waals surface area contributed by atoms with E-state index < -0.39 is 0 Å². The van der Waals surface area contributed by atoms with Crippen LogP contribution < -0.4 is 4.80 Å². The van der Waals surface area contributed by atoms with E-state index in [1.165, 1.54) is 36.2 Å². The minimum absolute atomic E-state index is 1.17. The van der Waals surface area contributed by atoms with Gasteiger partial charge < -0.3 is 4.57 Å². The zero-order chi connectivity index (χ0) is 8.55. The summed E-state index contributed by atoms with van der Waals surface area (Å²) in [4.78, 5) is 6.98. The maximum absolute atomic E-state index is 4.26. The third kappa shape index (κ3) is 1.12. The number of nitrogens with zero attached hydrogens (tertiary/aromatic N) is 2. The summed E-state index contributed by atoms with van der Waals surface area (Å²) >= 11 is 1.86. The molecule has 0 fully saturated rings. The van der Waals surface area contributed by atoms with Crippen LogP contribution in [0, 0.1) is 0 Å². The van der Waals surface area contributed by atoms with Crippen LogP contribution in [0.1, 0.15) is 23.4 Å². The van der Waals surface area contributed by atoms with Crippen molar-refractivity contribution in [1.29, 1.82) is 0 Å². The number of rotatable bonds is 0. The quantitative estimate of drug-likeness (QED) is 0.578. The van der Waals surface area contributed by atoms with E-state index in [0.29, 0.717) is 0 Å². The zero-order valence-corrected chi connectivity index (χ0v) is 8.45. The highest BCUT2D eigenvalue weighted by molar-refractivity contribution is 7.09. The standard InChI is InChI=1S/C9H14N2S/c1-10-9-11(2)7-5-3-4-6-8(7)12-9/h3-6H2,1-2H3/b10-9-. The second-order valence-electron chi connectivity index (χ2n) is 3.24. The Balaban J connectivity index is 2.59. The van der Waals surface area contributed by atoms with Gasteiger partial charge in [0.1, 0.15) is 0 Å². The van der Waals surface area contributed by atoms with Gasteiger partial charge >= 0.3 is 0 Å². The first kappa shape index (κ1) is 8.05. The Hall–Kier alpha value is -0.570. The predicted octanol–water partition coefficient (Wildman–Crippen LogP) is 1.50. The number of aryl methyl sites for hydroxylation is 1. The molecular formula is C9H14N2S. The largest absolute Gasteiger partial charge is 0.324 e. The molecule has 0 aliphatic heterocycles. The van der Waals surface area contributed by atoms with Gasteiger partial charge in [-0.3, -0.25) is 4.99 Å². The van der Waals surface area contributed by atoms with E-state index in [4.69, 9.17) is 0 Å². The van der Waals surface area contributed by atoms with E-state index in [2.05, 4.69) is 16.6 Å². The molecule has 0 aromatic carbocycles. The summed E-state index contributed by atoms with van der Waals surface area (Å²) in [6.07, 6.45) is 5.22. The van der Waals surface area contributed by atoms with Crippen LogP contribution in [0.3, 0.4) is 0 Å². The van der Waals surface area contributed by atoms with Crippen molar-refractivity contribution in [2.24, 2.45) is 12.0 Å². The second kappa shape index (κ2) is 3.05. The first-order valence-corrected chi connectivity index (χ1v) is 5.25. The number of aromatic nitrogens is 1. The van der Waals surface area contributed by atoms with Crippen molar-refractivity contribution in [2.75, 3.05) is 7.05 Å². The Morgan fingerprint density at radius 1 is 1.33 bits per heavy atom. The third-order valence-corrected chi connectivity index (χ3v) is 3.81. The van der Waals surface area contributed by atoms with E-state index >= 15 is 0 Å². The fourth-order valence-corrected chi connectivity index (χ4v) is 2.98. The summed E-state index contributed by atoms with van der Waals surface area (Å²) in [6.45, 7) is 0. The van der Waals surface area contributed by atoms with Crippen molar-refractivity contribution < 1.29 is 0 Å². The molecule has 0 saturated carbocycles. The maximum Gasteiger partial charge on any atom is 0.184 e. The van der Waals surface area contributed by atoms with E-state index in [1.807, 2.05) is 18.4 Å². The third-order valence-electron chi connectivity index (χ3n) is 2.49. The fourth-order valence-electron chi connectivity index (χ4n) is 1.82. The molecule has 0 radical (unpaired) electrons. The average Bonchev–Trinajstić information content (AvgIpc) is 2.44. The van der Waals surface area contributed by atoms with E-state index in [9.17, 15) is 0 Å². The van der Waals surface area contributed by atoms with Crippen LogP contribution in [0.2, 0.25) is 0 Å². The fraction of sp³-hybridized carbons (Fsp3) is 0.667. The normalized spacial score (nSPS) is 18.0. The molecular weight excluding hydrogens is 168 g/mol. The molecule has 2 rings (SSSR count). The lowest BCUT2D eigenvalue weighted by molar-refractivity contribution is 0.643. The molecule has 0 N–H and O–H groups in total. The number of fused-ring (bicyclic) bond motifs is 1. The van der Waals surface area contributed by atoms with Crippen molar-refractivity contribution >= 4 is 11.3 Å². The smallest absolute Gasteiger partial charge is 0.184 e. The lowest BCUT2D eigenvalue weighted by atomic mass is 10.0. The van der Waals surface area contributed by atoms with Gasteiger partial charge in [0.25, 0.3) is 0 Å². The molecule has 0 amide bonds. The molecule has 66 valence electrons. The molecule has 1 aromatic rings. The van der Waals surface area contributed by atoms with Crippen molar-refractivity contribution in [3.8, 4) is 0 Å². The molecule has 3 heteroatoms. The van der Waals surface area contributed by atoms with Crippen LogP contribution in [-0.2, 0) is 19.9 Å². The van der Waals surface area contributed by atoms with Gasteiger partial charge in [-0.1, -0.05) is 0 Å². The number of thiazole rings is 1. The molecule has 0 spiro atoms. The van der Waals surface area contributed by atoms with Gasteiger partial charge in [-0.2, -0.15) is 0 Å². The average molecular weight is 182 g/mol. The highest BCUT2D eigenvalue weighted by Crippen LogP contribution is 2.22. The monoisotopic (exact) mass is 182 g/mol. The summed E-state index contributed by atoms with van der Waals surface area (Å²) in [6, 6.07) is 0. The minimum atomic E-state index is 1.17. The predicted molar refractivity (Wildman–Crippen MR) is 51.4 cm³/mol. The van der Waals surface area contributed by atoms with Gasteiger partial charge in [-0.25, -0.2) is 0 Å².